The van der Waals surface area contributed by atoms with Gasteiger partial charge in [-0.1, -0.05) is 30.3 Å². The molecule has 0 heterocycles. The topological polar surface area (TPSA) is 188 Å². The lowest BCUT2D eigenvalue weighted by atomic mass is 10.1. The quantitative estimate of drug-likeness (QED) is 0.283. The van der Waals surface area contributed by atoms with Gasteiger partial charge in [0.05, 0.1) is 18.6 Å². The molecule has 33 heavy (non-hydrogen) atoms. The Labute approximate surface area is 189 Å². The average Bonchev–Trinajstić information content (AvgIpc) is 2.75. The number of carboxylic acid groups (broad SMARTS) is 1. The van der Waals surface area contributed by atoms with E-state index in [0.717, 1.165) is 10.8 Å². The maximum absolute atomic E-state index is 12.6. The molecule has 176 valence electrons. The second kappa shape index (κ2) is 11.2. The summed E-state index contributed by atoms with van der Waals surface area (Å²) in [5, 5.41) is 27.1. The number of hydrogen-bond acceptors (Lipinski definition) is 7. The minimum atomic E-state index is -1.59. The second-order valence-corrected chi connectivity index (χ2v) is 7.55. The van der Waals surface area contributed by atoms with Gasteiger partial charge in [0.15, 0.2) is 0 Å². The Morgan fingerprint density at radius 2 is 1.55 bits per heavy atom. The Hall–Kier alpha value is -3.83. The summed E-state index contributed by atoms with van der Waals surface area (Å²) in [6.07, 6.45) is -2.22. The molecule has 0 saturated heterocycles. The molecule has 2 aromatic rings. The normalized spacial score (nSPS) is 14.4. The zero-order valence-corrected chi connectivity index (χ0v) is 18.1. The molecule has 0 radical (unpaired) electrons. The molecule has 0 aromatic heterocycles. The molecule has 11 heteroatoms. The molecule has 0 spiro atoms. The number of aliphatic carboxylic acids is 1. The first-order valence-corrected chi connectivity index (χ1v) is 10.1. The number of nitrogens with one attached hydrogen (secondary N) is 3. The molecule has 0 saturated carbocycles. The van der Waals surface area contributed by atoms with Gasteiger partial charge in [0.25, 0.3) is 11.8 Å². The zero-order valence-electron chi connectivity index (χ0n) is 18.1. The Morgan fingerprint density at radius 3 is 2.12 bits per heavy atom. The van der Waals surface area contributed by atoms with Crippen molar-refractivity contribution in [3.8, 4) is 0 Å². The van der Waals surface area contributed by atoms with E-state index in [4.69, 9.17) is 10.8 Å². The highest BCUT2D eigenvalue weighted by Gasteiger charge is 2.32. The largest absolute Gasteiger partial charge is 0.481 e. The summed E-state index contributed by atoms with van der Waals surface area (Å²) in [5.41, 5.74) is 5.61. The Bertz CT molecular complexity index is 1070. The molecule has 2 aromatic carbocycles. The number of fused-ring (bicyclic) bond motifs is 1. The van der Waals surface area contributed by atoms with E-state index >= 15 is 0 Å². The molecule has 0 fully saturated rings. The van der Waals surface area contributed by atoms with E-state index in [1.54, 1.807) is 24.3 Å². The van der Waals surface area contributed by atoms with Crippen LogP contribution < -0.4 is 21.7 Å². The van der Waals surface area contributed by atoms with Crippen LogP contribution in [0.25, 0.3) is 10.8 Å². The third-order valence-corrected chi connectivity index (χ3v) is 4.74. The Morgan fingerprint density at radius 1 is 0.909 bits per heavy atom. The maximum atomic E-state index is 12.6. The lowest BCUT2D eigenvalue weighted by Gasteiger charge is -2.24. The van der Waals surface area contributed by atoms with Gasteiger partial charge in [0.1, 0.15) is 12.1 Å². The van der Waals surface area contributed by atoms with Gasteiger partial charge >= 0.3 is 5.97 Å². The van der Waals surface area contributed by atoms with Crippen molar-refractivity contribution in [3.05, 3.63) is 48.0 Å². The van der Waals surface area contributed by atoms with Crippen molar-refractivity contribution >= 4 is 40.4 Å². The summed E-state index contributed by atoms with van der Waals surface area (Å²) < 4.78 is 0. The van der Waals surface area contributed by atoms with Gasteiger partial charge in [0, 0.05) is 5.56 Å². The van der Waals surface area contributed by atoms with Crippen molar-refractivity contribution in [2.75, 3.05) is 0 Å². The Balaban J connectivity index is 2.13. The van der Waals surface area contributed by atoms with Crippen LogP contribution in [-0.2, 0) is 19.2 Å². The summed E-state index contributed by atoms with van der Waals surface area (Å²) in [7, 11) is 0. The van der Waals surface area contributed by atoms with Crippen LogP contribution in [0.1, 0.15) is 30.6 Å². The average molecular weight is 458 g/mol. The van der Waals surface area contributed by atoms with E-state index in [1.165, 1.54) is 19.9 Å². The van der Waals surface area contributed by atoms with Crippen molar-refractivity contribution < 1.29 is 34.2 Å². The Kier molecular flexibility index (Phi) is 8.60. The van der Waals surface area contributed by atoms with Gasteiger partial charge in [-0.25, -0.2) is 0 Å². The highest BCUT2D eigenvalue weighted by molar-refractivity contribution is 6.08. The number of amides is 4. The van der Waals surface area contributed by atoms with Crippen molar-refractivity contribution in [3.63, 3.8) is 0 Å². The van der Waals surface area contributed by atoms with Gasteiger partial charge < -0.3 is 26.6 Å². The number of carbonyl (C=O) groups is 5. The first-order valence-electron chi connectivity index (χ1n) is 10.1. The summed E-state index contributed by atoms with van der Waals surface area (Å²) in [5.74, 6) is -4.96. The highest BCUT2D eigenvalue weighted by atomic mass is 16.4. The standard InChI is InChI=1S/C22H26N4O7/c1-11(23)19(30)24-16(10-17(28)29)21(32)25-18(12(2)27)22(33)26-20(31)15-8-7-13-5-3-4-6-14(13)9-15/h3-9,11-12,16,18,27H,10,23H2,1-2H3,(H,24,30)(H,25,32)(H,28,29)(H,26,31,33)/t11-,12+,16-,18-/m0/s1. The molecular formula is C22H26N4O7. The van der Waals surface area contributed by atoms with E-state index < -0.39 is 60.2 Å². The van der Waals surface area contributed by atoms with E-state index in [-0.39, 0.29) is 5.56 Å². The van der Waals surface area contributed by atoms with Gasteiger partial charge in [-0.05, 0) is 36.8 Å². The minimum Gasteiger partial charge on any atom is -0.481 e. The van der Waals surface area contributed by atoms with Crippen molar-refractivity contribution in [2.24, 2.45) is 5.73 Å². The first kappa shape index (κ1) is 25.4. The second-order valence-electron chi connectivity index (χ2n) is 7.55. The predicted octanol–water partition coefficient (Wildman–Crippen LogP) is -0.731. The number of benzene rings is 2. The number of carbonyl (C=O) groups excluding carboxylic acids is 4. The summed E-state index contributed by atoms with van der Waals surface area (Å²) in [6.45, 7) is 2.55. The van der Waals surface area contributed by atoms with Crippen LogP contribution in [0.2, 0.25) is 0 Å². The molecule has 0 bridgehead atoms. The number of nitrogens with two attached hydrogens (primary N) is 1. The zero-order chi connectivity index (χ0) is 24.7. The fourth-order valence-corrected chi connectivity index (χ4v) is 2.94. The fourth-order valence-electron chi connectivity index (χ4n) is 2.94. The molecule has 2 rings (SSSR count). The SMILES string of the molecule is C[C@H](N)C(=O)N[C@@H](CC(=O)O)C(=O)N[C@H](C(=O)NC(=O)c1ccc2ccccc2c1)[C@@H](C)O. The predicted molar refractivity (Wildman–Crippen MR) is 118 cm³/mol. The molecular weight excluding hydrogens is 432 g/mol. The van der Waals surface area contributed by atoms with E-state index in [2.05, 4.69) is 16.0 Å². The lowest BCUT2D eigenvalue weighted by molar-refractivity contribution is -0.141. The smallest absolute Gasteiger partial charge is 0.305 e. The summed E-state index contributed by atoms with van der Waals surface area (Å²) in [4.78, 5) is 60.6. The van der Waals surface area contributed by atoms with Gasteiger partial charge in [-0.15, -0.1) is 0 Å². The van der Waals surface area contributed by atoms with E-state index in [0.29, 0.717) is 0 Å². The van der Waals surface area contributed by atoms with Crippen LogP contribution >= 0.6 is 0 Å². The number of aliphatic hydroxyl groups is 1. The van der Waals surface area contributed by atoms with Crippen LogP contribution in [-0.4, -0.2) is 64.0 Å². The number of rotatable bonds is 9. The van der Waals surface area contributed by atoms with E-state index in [9.17, 15) is 29.1 Å². The van der Waals surface area contributed by atoms with E-state index in [1.807, 2.05) is 12.1 Å². The van der Waals surface area contributed by atoms with Crippen LogP contribution in [0.3, 0.4) is 0 Å². The van der Waals surface area contributed by atoms with Crippen molar-refractivity contribution in [1.29, 1.82) is 0 Å². The molecule has 4 atom stereocenters. The number of imide groups is 1. The minimum absolute atomic E-state index is 0.186. The lowest BCUT2D eigenvalue weighted by Crippen LogP contribution is -2.59. The summed E-state index contributed by atoms with van der Waals surface area (Å²) >= 11 is 0. The number of carboxylic acids is 1. The molecule has 0 aliphatic carbocycles. The molecule has 4 amide bonds. The fraction of sp³-hybridized carbons (Fsp3) is 0.318. The van der Waals surface area contributed by atoms with Crippen molar-refractivity contribution in [1.82, 2.24) is 16.0 Å². The third kappa shape index (κ3) is 7.09. The highest BCUT2D eigenvalue weighted by Crippen LogP contribution is 2.15. The number of hydrogen-bond donors (Lipinski definition) is 6. The third-order valence-electron chi connectivity index (χ3n) is 4.74. The number of aliphatic hydroxyl groups excluding tert-OH is 1. The van der Waals surface area contributed by atoms with Gasteiger partial charge in [-0.2, -0.15) is 0 Å². The molecule has 0 aliphatic rings. The maximum Gasteiger partial charge on any atom is 0.305 e. The molecule has 0 unspecified atom stereocenters. The van der Waals surface area contributed by atoms with Crippen molar-refractivity contribution in [2.45, 2.75) is 44.5 Å². The van der Waals surface area contributed by atoms with Crippen LogP contribution in [0.15, 0.2) is 42.5 Å². The first-order chi connectivity index (χ1) is 15.5. The monoisotopic (exact) mass is 458 g/mol. The molecule has 11 nitrogen and oxygen atoms in total. The van der Waals surface area contributed by atoms with Crippen LogP contribution in [0.4, 0.5) is 0 Å². The van der Waals surface area contributed by atoms with Gasteiger partial charge in [-0.3, -0.25) is 29.3 Å². The molecule has 7 N–H and O–H groups in total. The summed E-state index contributed by atoms with van der Waals surface area (Å²) in [6, 6.07) is 7.96. The van der Waals surface area contributed by atoms with Crippen LogP contribution in [0.5, 0.6) is 0 Å². The van der Waals surface area contributed by atoms with Crippen LogP contribution in [0, 0.1) is 0 Å². The molecule has 0 aliphatic heterocycles. The van der Waals surface area contributed by atoms with Gasteiger partial charge in [0.2, 0.25) is 11.8 Å².